The van der Waals surface area contributed by atoms with Crippen molar-refractivity contribution in [1.82, 2.24) is 5.32 Å². The van der Waals surface area contributed by atoms with Crippen LogP contribution in [0.15, 0.2) is 16.5 Å². The van der Waals surface area contributed by atoms with Gasteiger partial charge in [0.05, 0.1) is 11.7 Å². The van der Waals surface area contributed by atoms with Gasteiger partial charge in [0.1, 0.15) is 5.76 Å². The van der Waals surface area contributed by atoms with Crippen LogP contribution in [0.1, 0.15) is 35.6 Å². The summed E-state index contributed by atoms with van der Waals surface area (Å²) in [5.41, 5.74) is 0. The minimum Gasteiger partial charge on any atom is -0.481 e. The molecule has 1 amide bonds. The van der Waals surface area contributed by atoms with Crippen LogP contribution in [0.25, 0.3) is 0 Å². The normalized spacial score (nSPS) is 21.7. The van der Waals surface area contributed by atoms with E-state index in [9.17, 15) is 18.4 Å². The van der Waals surface area contributed by atoms with Crippen LogP contribution < -0.4 is 5.32 Å². The average Bonchev–Trinajstić information content (AvgIpc) is 3.04. The van der Waals surface area contributed by atoms with E-state index in [1.807, 2.05) is 0 Å². The smallest absolute Gasteiger partial charge is 0.306 e. The van der Waals surface area contributed by atoms with Crippen LogP contribution in [0.5, 0.6) is 0 Å². The lowest BCUT2D eigenvalue weighted by atomic mass is 10.1. The number of halogens is 2. The van der Waals surface area contributed by atoms with E-state index < -0.39 is 23.6 Å². The lowest BCUT2D eigenvalue weighted by Gasteiger charge is -2.10. The third-order valence-electron chi connectivity index (χ3n) is 3.35. The summed E-state index contributed by atoms with van der Waals surface area (Å²) in [7, 11) is 0. The highest BCUT2D eigenvalue weighted by Crippen LogP contribution is 2.26. The van der Waals surface area contributed by atoms with Crippen molar-refractivity contribution in [2.24, 2.45) is 5.92 Å². The standard InChI is InChI=1S/C13H15F2NO4S/c14-13(15)21-6-9-3-4-10(20-9)11(17)16-8-2-1-7(5-8)12(18)19/h3-4,7-8,13H,1-2,5-6H2,(H,16,17)(H,18,19)/t7-,8+/m1/s1. The number of nitrogens with one attached hydrogen (secondary N) is 1. The zero-order valence-electron chi connectivity index (χ0n) is 11.1. The zero-order chi connectivity index (χ0) is 15.4. The fraction of sp³-hybridized carbons (Fsp3) is 0.538. The van der Waals surface area contributed by atoms with Crippen molar-refractivity contribution in [2.45, 2.75) is 36.8 Å². The highest BCUT2D eigenvalue weighted by molar-refractivity contribution is 7.98. The Bertz CT molecular complexity index is 520. The number of aliphatic carboxylic acids is 1. The molecule has 0 unspecified atom stereocenters. The van der Waals surface area contributed by atoms with Gasteiger partial charge in [0.2, 0.25) is 0 Å². The number of hydrogen-bond donors (Lipinski definition) is 2. The zero-order valence-corrected chi connectivity index (χ0v) is 11.9. The summed E-state index contributed by atoms with van der Waals surface area (Å²) in [4.78, 5) is 22.8. The van der Waals surface area contributed by atoms with Gasteiger partial charge in [-0.15, -0.1) is 0 Å². The Kier molecular flexibility index (Phi) is 5.22. The highest BCUT2D eigenvalue weighted by Gasteiger charge is 2.31. The molecule has 0 saturated heterocycles. The summed E-state index contributed by atoms with van der Waals surface area (Å²) in [5, 5.41) is 11.6. The number of carbonyl (C=O) groups excluding carboxylic acids is 1. The average molecular weight is 319 g/mol. The number of carbonyl (C=O) groups is 2. The Hall–Kier alpha value is -1.57. The van der Waals surface area contributed by atoms with Crippen molar-refractivity contribution in [2.75, 3.05) is 0 Å². The topological polar surface area (TPSA) is 79.5 Å². The third-order valence-corrected chi connectivity index (χ3v) is 4.06. The molecule has 1 aliphatic carbocycles. The molecule has 1 heterocycles. The number of carboxylic acids is 1. The lowest BCUT2D eigenvalue weighted by Crippen LogP contribution is -2.33. The Morgan fingerprint density at radius 2 is 2.19 bits per heavy atom. The van der Waals surface area contributed by atoms with Crippen molar-refractivity contribution in [3.63, 3.8) is 0 Å². The second kappa shape index (κ2) is 6.93. The number of rotatable bonds is 6. The second-order valence-electron chi connectivity index (χ2n) is 4.86. The summed E-state index contributed by atoms with van der Waals surface area (Å²) in [5.74, 6) is -3.85. The molecular weight excluding hydrogens is 304 g/mol. The first-order chi connectivity index (χ1) is 9.95. The minimum absolute atomic E-state index is 0.00450. The maximum absolute atomic E-state index is 12.1. The van der Waals surface area contributed by atoms with Crippen LogP contribution in [-0.4, -0.2) is 28.8 Å². The molecule has 8 heteroatoms. The summed E-state index contributed by atoms with van der Waals surface area (Å²) in [6.45, 7) is 0. The molecule has 5 nitrogen and oxygen atoms in total. The maximum Gasteiger partial charge on any atom is 0.306 e. The van der Waals surface area contributed by atoms with Crippen molar-refractivity contribution < 1.29 is 27.9 Å². The SMILES string of the molecule is O=C(N[C@H]1CC[C@@H](C(=O)O)C1)c1ccc(CSC(F)F)o1. The summed E-state index contributed by atoms with van der Waals surface area (Å²) >= 11 is 0.422. The molecule has 0 spiro atoms. The summed E-state index contributed by atoms with van der Waals surface area (Å²) in [6.07, 6.45) is 1.54. The van der Waals surface area contributed by atoms with Gasteiger partial charge in [-0.25, -0.2) is 0 Å². The number of hydrogen-bond acceptors (Lipinski definition) is 4. The molecule has 1 fully saturated rings. The molecule has 0 aromatic carbocycles. The fourth-order valence-electron chi connectivity index (χ4n) is 2.32. The number of alkyl halides is 2. The number of amides is 1. The number of thioether (sulfide) groups is 1. The van der Waals surface area contributed by atoms with Crippen molar-refractivity contribution in [3.8, 4) is 0 Å². The predicted octanol–water partition coefficient (Wildman–Crippen LogP) is 2.72. The van der Waals surface area contributed by atoms with Crippen LogP contribution in [0.4, 0.5) is 8.78 Å². The summed E-state index contributed by atoms with van der Waals surface area (Å²) < 4.78 is 29.3. The van der Waals surface area contributed by atoms with E-state index in [0.29, 0.717) is 36.8 Å². The van der Waals surface area contributed by atoms with E-state index in [1.54, 1.807) is 0 Å². The Labute approximate surface area is 124 Å². The van der Waals surface area contributed by atoms with Crippen LogP contribution in [0.3, 0.4) is 0 Å². The molecule has 2 N–H and O–H groups in total. The molecule has 1 aromatic heterocycles. The van der Waals surface area contributed by atoms with E-state index in [0.717, 1.165) is 0 Å². The van der Waals surface area contributed by atoms with Crippen molar-refractivity contribution in [3.05, 3.63) is 23.7 Å². The van der Waals surface area contributed by atoms with E-state index in [1.165, 1.54) is 12.1 Å². The number of furan rings is 1. The first kappa shape index (κ1) is 15.8. The van der Waals surface area contributed by atoms with Crippen molar-refractivity contribution >= 4 is 23.6 Å². The van der Waals surface area contributed by atoms with E-state index >= 15 is 0 Å². The van der Waals surface area contributed by atoms with Gasteiger partial charge in [-0.1, -0.05) is 11.8 Å². The molecule has 0 aliphatic heterocycles. The van der Waals surface area contributed by atoms with Gasteiger partial charge in [0.15, 0.2) is 5.76 Å². The molecule has 0 radical (unpaired) electrons. The predicted molar refractivity (Wildman–Crippen MR) is 72.2 cm³/mol. The van der Waals surface area contributed by atoms with Gasteiger partial charge in [0, 0.05) is 6.04 Å². The third kappa shape index (κ3) is 4.45. The van der Waals surface area contributed by atoms with E-state index in [-0.39, 0.29) is 17.6 Å². The first-order valence-corrected chi connectivity index (χ1v) is 7.52. The number of carboxylic acid groups (broad SMARTS) is 1. The Morgan fingerprint density at radius 3 is 2.81 bits per heavy atom. The molecular formula is C13H15F2NO4S. The van der Waals surface area contributed by atoms with Crippen LogP contribution >= 0.6 is 11.8 Å². The maximum atomic E-state index is 12.1. The summed E-state index contributed by atoms with van der Waals surface area (Å²) in [6, 6.07) is 2.72. The Balaban J connectivity index is 1.85. The quantitative estimate of drug-likeness (QED) is 0.843. The van der Waals surface area contributed by atoms with E-state index in [2.05, 4.69) is 5.32 Å². The van der Waals surface area contributed by atoms with Crippen LogP contribution in [-0.2, 0) is 10.5 Å². The van der Waals surface area contributed by atoms with Crippen LogP contribution in [0.2, 0.25) is 0 Å². The van der Waals surface area contributed by atoms with Gasteiger partial charge in [0.25, 0.3) is 11.7 Å². The molecule has 21 heavy (non-hydrogen) atoms. The van der Waals surface area contributed by atoms with Crippen LogP contribution in [0, 0.1) is 5.92 Å². The lowest BCUT2D eigenvalue weighted by molar-refractivity contribution is -0.141. The van der Waals surface area contributed by atoms with Gasteiger partial charge >= 0.3 is 5.97 Å². The van der Waals surface area contributed by atoms with E-state index in [4.69, 9.17) is 9.52 Å². The monoisotopic (exact) mass is 319 g/mol. The molecule has 0 bridgehead atoms. The van der Waals surface area contributed by atoms with Gasteiger partial charge in [-0.2, -0.15) is 8.78 Å². The highest BCUT2D eigenvalue weighted by atomic mass is 32.2. The molecule has 1 aromatic rings. The molecule has 2 rings (SSSR count). The largest absolute Gasteiger partial charge is 0.481 e. The van der Waals surface area contributed by atoms with Gasteiger partial charge in [-0.3, -0.25) is 9.59 Å². The second-order valence-corrected chi connectivity index (χ2v) is 5.83. The van der Waals surface area contributed by atoms with Gasteiger partial charge in [-0.05, 0) is 31.4 Å². The minimum atomic E-state index is -2.49. The fourth-order valence-corrected chi connectivity index (χ4v) is 2.76. The Morgan fingerprint density at radius 1 is 1.43 bits per heavy atom. The van der Waals surface area contributed by atoms with Gasteiger partial charge < -0.3 is 14.8 Å². The first-order valence-electron chi connectivity index (χ1n) is 6.48. The van der Waals surface area contributed by atoms with Crippen molar-refractivity contribution in [1.29, 1.82) is 0 Å². The molecule has 116 valence electrons. The molecule has 2 atom stereocenters. The molecule has 1 aliphatic rings. The molecule has 1 saturated carbocycles.